The van der Waals surface area contributed by atoms with Gasteiger partial charge >= 0.3 is 0 Å². The van der Waals surface area contributed by atoms with Crippen molar-refractivity contribution in [2.45, 2.75) is 51.6 Å². The molecule has 0 aromatic carbocycles. The minimum absolute atomic E-state index is 0.0465. The lowest BCUT2D eigenvalue weighted by Gasteiger charge is -2.44. The third kappa shape index (κ3) is 6.57. The molecule has 1 fully saturated rings. The van der Waals surface area contributed by atoms with E-state index < -0.39 is 0 Å². The van der Waals surface area contributed by atoms with Crippen molar-refractivity contribution in [2.75, 3.05) is 45.2 Å². The Hall–Kier alpha value is -0.260. The van der Waals surface area contributed by atoms with Gasteiger partial charge in [0.15, 0.2) is 0 Å². The van der Waals surface area contributed by atoms with E-state index in [4.69, 9.17) is 0 Å². The molecule has 0 radical (unpaired) electrons. The SMILES string of the molecule is CCSCCC(=O)NCC(C)(C)N1CCC(N(C)C)CC1. The predicted molar refractivity (Wildman–Crippen MR) is 93.0 cm³/mol. The summed E-state index contributed by atoms with van der Waals surface area (Å²) in [6.07, 6.45) is 3.08. The molecule has 21 heavy (non-hydrogen) atoms. The van der Waals surface area contributed by atoms with Crippen LogP contribution in [0.4, 0.5) is 0 Å². The molecule has 1 heterocycles. The average molecular weight is 316 g/mol. The van der Waals surface area contributed by atoms with Crippen LogP contribution in [0.3, 0.4) is 0 Å². The number of rotatable bonds is 8. The first-order valence-corrected chi connectivity index (χ1v) is 9.28. The quantitative estimate of drug-likeness (QED) is 0.696. The smallest absolute Gasteiger partial charge is 0.220 e. The highest BCUT2D eigenvalue weighted by Gasteiger charge is 2.31. The zero-order valence-electron chi connectivity index (χ0n) is 14.4. The second-order valence-corrected chi connectivity index (χ2v) is 8.11. The molecule has 0 spiro atoms. The lowest BCUT2D eigenvalue weighted by Crippen LogP contribution is -2.55. The number of hydrogen-bond acceptors (Lipinski definition) is 4. The van der Waals surface area contributed by atoms with Gasteiger partial charge in [0.2, 0.25) is 5.91 Å². The summed E-state index contributed by atoms with van der Waals surface area (Å²) < 4.78 is 0. The van der Waals surface area contributed by atoms with Gasteiger partial charge in [0.25, 0.3) is 0 Å². The van der Waals surface area contributed by atoms with Crippen LogP contribution in [0.25, 0.3) is 0 Å². The molecule has 0 aliphatic carbocycles. The van der Waals surface area contributed by atoms with Crippen LogP contribution in [0.2, 0.25) is 0 Å². The van der Waals surface area contributed by atoms with E-state index in [1.165, 1.54) is 12.8 Å². The molecule has 1 rings (SSSR count). The van der Waals surface area contributed by atoms with E-state index in [2.05, 4.69) is 50.0 Å². The Morgan fingerprint density at radius 2 is 1.95 bits per heavy atom. The maximum absolute atomic E-state index is 11.8. The Labute approximate surface area is 135 Å². The van der Waals surface area contributed by atoms with Crippen LogP contribution in [0.15, 0.2) is 0 Å². The normalized spacial score (nSPS) is 18.2. The zero-order chi connectivity index (χ0) is 15.9. The van der Waals surface area contributed by atoms with Crippen LogP contribution < -0.4 is 5.32 Å². The molecule has 0 saturated carbocycles. The van der Waals surface area contributed by atoms with Crippen LogP contribution in [-0.4, -0.2) is 72.5 Å². The Bertz CT molecular complexity index is 313. The van der Waals surface area contributed by atoms with Crippen LogP contribution in [0, 0.1) is 0 Å². The van der Waals surface area contributed by atoms with Crippen molar-refractivity contribution in [3.05, 3.63) is 0 Å². The minimum atomic E-state index is 0.0465. The molecular formula is C16H33N3OS. The first-order chi connectivity index (χ1) is 9.86. The van der Waals surface area contributed by atoms with Crippen molar-refractivity contribution in [3.63, 3.8) is 0 Å². The number of hydrogen-bond donors (Lipinski definition) is 1. The monoisotopic (exact) mass is 315 g/mol. The van der Waals surface area contributed by atoms with Crippen molar-refractivity contribution in [1.82, 2.24) is 15.1 Å². The van der Waals surface area contributed by atoms with E-state index in [-0.39, 0.29) is 11.4 Å². The first-order valence-electron chi connectivity index (χ1n) is 8.12. The molecule has 4 nitrogen and oxygen atoms in total. The summed E-state index contributed by atoms with van der Waals surface area (Å²) in [5.74, 6) is 2.20. The number of amides is 1. The Morgan fingerprint density at radius 1 is 1.33 bits per heavy atom. The van der Waals surface area contributed by atoms with Gasteiger partial charge in [0, 0.05) is 43.4 Å². The molecule has 1 aliphatic heterocycles. The minimum Gasteiger partial charge on any atom is -0.354 e. The van der Waals surface area contributed by atoms with E-state index in [0.29, 0.717) is 12.5 Å². The second kappa shape index (κ2) is 9.01. The summed E-state index contributed by atoms with van der Waals surface area (Å²) in [6.45, 7) is 9.60. The lowest BCUT2D eigenvalue weighted by atomic mass is 9.96. The highest BCUT2D eigenvalue weighted by Crippen LogP contribution is 2.22. The van der Waals surface area contributed by atoms with E-state index in [1.807, 2.05) is 11.8 Å². The van der Waals surface area contributed by atoms with E-state index in [0.717, 1.165) is 31.1 Å². The largest absolute Gasteiger partial charge is 0.354 e. The molecule has 124 valence electrons. The van der Waals surface area contributed by atoms with Crippen LogP contribution in [0.1, 0.15) is 40.0 Å². The topological polar surface area (TPSA) is 35.6 Å². The van der Waals surface area contributed by atoms with Gasteiger partial charge < -0.3 is 10.2 Å². The maximum Gasteiger partial charge on any atom is 0.220 e. The van der Waals surface area contributed by atoms with Gasteiger partial charge in [-0.3, -0.25) is 9.69 Å². The van der Waals surface area contributed by atoms with Crippen molar-refractivity contribution in [2.24, 2.45) is 0 Å². The Morgan fingerprint density at radius 3 is 2.48 bits per heavy atom. The highest BCUT2D eigenvalue weighted by molar-refractivity contribution is 7.99. The van der Waals surface area contributed by atoms with Gasteiger partial charge in [-0.2, -0.15) is 11.8 Å². The number of piperidine rings is 1. The summed E-state index contributed by atoms with van der Waals surface area (Å²) in [6, 6.07) is 0.706. The van der Waals surface area contributed by atoms with Crippen LogP contribution in [0.5, 0.6) is 0 Å². The fraction of sp³-hybridized carbons (Fsp3) is 0.938. The third-order valence-corrected chi connectivity index (χ3v) is 5.35. The molecule has 5 heteroatoms. The second-order valence-electron chi connectivity index (χ2n) is 6.72. The molecule has 1 amide bonds. The summed E-state index contributed by atoms with van der Waals surface area (Å²) in [4.78, 5) is 16.7. The van der Waals surface area contributed by atoms with Gasteiger partial charge in [-0.05, 0) is 46.5 Å². The number of likely N-dealkylation sites (tertiary alicyclic amines) is 1. The van der Waals surface area contributed by atoms with Gasteiger partial charge in [-0.25, -0.2) is 0 Å². The number of carbonyl (C=O) groups excluding carboxylic acids is 1. The van der Waals surface area contributed by atoms with E-state index in [9.17, 15) is 4.79 Å². The molecule has 0 aromatic rings. The van der Waals surface area contributed by atoms with Crippen molar-refractivity contribution in [3.8, 4) is 0 Å². The predicted octanol–water partition coefficient (Wildman–Crippen LogP) is 2.05. The lowest BCUT2D eigenvalue weighted by molar-refractivity contribution is -0.121. The third-order valence-electron chi connectivity index (χ3n) is 4.45. The van der Waals surface area contributed by atoms with Gasteiger partial charge in [0.1, 0.15) is 0 Å². The molecule has 0 bridgehead atoms. The van der Waals surface area contributed by atoms with Gasteiger partial charge in [-0.1, -0.05) is 6.92 Å². The van der Waals surface area contributed by atoms with Crippen LogP contribution in [-0.2, 0) is 4.79 Å². The summed E-state index contributed by atoms with van der Waals surface area (Å²) in [5.41, 5.74) is 0.0465. The number of carbonyl (C=O) groups is 1. The molecule has 0 aromatic heterocycles. The van der Waals surface area contributed by atoms with Crippen molar-refractivity contribution in [1.29, 1.82) is 0 Å². The molecule has 1 N–H and O–H groups in total. The van der Waals surface area contributed by atoms with Crippen LogP contribution >= 0.6 is 11.8 Å². The average Bonchev–Trinajstić information content (AvgIpc) is 2.45. The molecule has 1 aliphatic rings. The van der Waals surface area contributed by atoms with E-state index in [1.54, 1.807) is 0 Å². The number of thioether (sulfide) groups is 1. The maximum atomic E-state index is 11.8. The molecule has 0 unspecified atom stereocenters. The molecule has 1 saturated heterocycles. The molecular weight excluding hydrogens is 282 g/mol. The van der Waals surface area contributed by atoms with E-state index >= 15 is 0 Å². The molecule has 0 atom stereocenters. The number of nitrogens with one attached hydrogen (secondary N) is 1. The fourth-order valence-electron chi connectivity index (χ4n) is 2.81. The van der Waals surface area contributed by atoms with Crippen molar-refractivity contribution < 1.29 is 4.79 Å². The summed E-state index contributed by atoms with van der Waals surface area (Å²) in [5, 5.41) is 3.11. The number of nitrogens with zero attached hydrogens (tertiary/aromatic N) is 2. The highest BCUT2D eigenvalue weighted by atomic mass is 32.2. The summed E-state index contributed by atoms with van der Waals surface area (Å²) >= 11 is 1.82. The van der Waals surface area contributed by atoms with Gasteiger partial charge in [0.05, 0.1) is 0 Å². The first kappa shape index (κ1) is 18.8. The Kier molecular flexibility index (Phi) is 8.06. The zero-order valence-corrected chi connectivity index (χ0v) is 15.3. The fourth-order valence-corrected chi connectivity index (χ4v) is 3.43. The Balaban J connectivity index is 2.31. The summed E-state index contributed by atoms with van der Waals surface area (Å²) in [7, 11) is 4.33. The van der Waals surface area contributed by atoms with Gasteiger partial charge in [-0.15, -0.1) is 0 Å². The van der Waals surface area contributed by atoms with Crippen molar-refractivity contribution >= 4 is 17.7 Å². The standard InChI is InChI=1S/C16H33N3OS/c1-6-21-12-9-15(20)17-13-16(2,3)19-10-7-14(8-11-19)18(4)5/h14H,6-13H2,1-5H3,(H,17,20).